The van der Waals surface area contributed by atoms with Crippen LogP contribution in [0.4, 0.5) is 10.2 Å². The quantitative estimate of drug-likeness (QED) is 0.842. The van der Waals surface area contributed by atoms with Gasteiger partial charge in [0.05, 0.1) is 16.1 Å². The van der Waals surface area contributed by atoms with Gasteiger partial charge in [-0.25, -0.2) is 24.3 Å². The second-order valence-electron chi connectivity index (χ2n) is 4.86. The molecule has 0 aromatic carbocycles. The lowest BCUT2D eigenvalue weighted by Crippen LogP contribution is -2.46. The van der Waals surface area contributed by atoms with E-state index in [2.05, 4.69) is 35.9 Å². The van der Waals surface area contributed by atoms with Gasteiger partial charge in [-0.05, 0) is 29.8 Å². The van der Waals surface area contributed by atoms with Crippen molar-refractivity contribution in [1.29, 1.82) is 0 Å². The third-order valence-electron chi connectivity index (χ3n) is 3.30. The van der Waals surface area contributed by atoms with Crippen LogP contribution in [0.15, 0.2) is 16.9 Å². The van der Waals surface area contributed by atoms with Gasteiger partial charge in [-0.15, -0.1) is 0 Å². The van der Waals surface area contributed by atoms with Crippen LogP contribution in [0.2, 0.25) is 0 Å². The minimum absolute atomic E-state index is 0.220. The molecule has 3 rings (SSSR count). The molecule has 0 atom stereocenters. The summed E-state index contributed by atoms with van der Waals surface area (Å²) in [5.74, 6) is 1.63. The van der Waals surface area contributed by atoms with Crippen LogP contribution >= 0.6 is 15.9 Å². The van der Waals surface area contributed by atoms with Crippen molar-refractivity contribution in [3.63, 3.8) is 0 Å². The normalized spacial score (nSPS) is 15.3. The SMILES string of the molecule is Cc1nc(C)c(F)c(N2CC(c3ncc(Br)cn3)C2)n1. The highest BCUT2D eigenvalue weighted by Crippen LogP contribution is 2.31. The minimum Gasteiger partial charge on any atom is -0.352 e. The number of nitrogens with zero attached hydrogens (tertiary/aromatic N) is 5. The van der Waals surface area contributed by atoms with Crippen molar-refractivity contribution in [3.05, 3.63) is 40.0 Å². The van der Waals surface area contributed by atoms with Crippen LogP contribution < -0.4 is 4.90 Å². The summed E-state index contributed by atoms with van der Waals surface area (Å²) >= 11 is 3.31. The van der Waals surface area contributed by atoms with Crippen LogP contribution in [0.25, 0.3) is 0 Å². The summed E-state index contributed by atoms with van der Waals surface area (Å²) in [6.45, 7) is 4.77. The molecule has 104 valence electrons. The zero-order chi connectivity index (χ0) is 14.3. The lowest BCUT2D eigenvalue weighted by atomic mass is 9.99. The first-order valence-electron chi connectivity index (χ1n) is 6.27. The van der Waals surface area contributed by atoms with Crippen LogP contribution in [-0.4, -0.2) is 33.0 Å². The van der Waals surface area contributed by atoms with E-state index in [-0.39, 0.29) is 11.7 Å². The highest BCUT2D eigenvalue weighted by molar-refractivity contribution is 9.10. The molecule has 0 bridgehead atoms. The molecule has 5 nitrogen and oxygen atoms in total. The van der Waals surface area contributed by atoms with E-state index >= 15 is 0 Å². The Bertz CT molecular complexity index is 640. The molecule has 0 unspecified atom stereocenters. The average Bonchev–Trinajstić information content (AvgIpc) is 2.35. The lowest BCUT2D eigenvalue weighted by molar-refractivity contribution is 0.478. The lowest BCUT2D eigenvalue weighted by Gasteiger charge is -2.39. The zero-order valence-electron chi connectivity index (χ0n) is 11.1. The highest BCUT2D eigenvalue weighted by Gasteiger charge is 2.33. The van der Waals surface area contributed by atoms with Gasteiger partial charge < -0.3 is 4.90 Å². The Labute approximate surface area is 124 Å². The molecule has 0 N–H and O–H groups in total. The summed E-state index contributed by atoms with van der Waals surface area (Å²) in [5, 5.41) is 0. The minimum atomic E-state index is -0.342. The van der Waals surface area contributed by atoms with E-state index in [9.17, 15) is 4.39 Å². The third-order valence-corrected chi connectivity index (χ3v) is 3.71. The van der Waals surface area contributed by atoms with Crippen LogP contribution in [0, 0.1) is 19.7 Å². The number of hydrogen-bond acceptors (Lipinski definition) is 5. The van der Waals surface area contributed by atoms with Gasteiger partial charge in [-0.3, -0.25) is 0 Å². The Morgan fingerprint density at radius 2 is 1.85 bits per heavy atom. The molecule has 3 heterocycles. The Kier molecular flexibility index (Phi) is 3.37. The molecule has 0 aliphatic carbocycles. The van der Waals surface area contributed by atoms with Gasteiger partial charge in [-0.1, -0.05) is 0 Å². The summed E-state index contributed by atoms with van der Waals surface area (Å²) in [6, 6.07) is 0. The number of aryl methyl sites for hydroxylation is 2. The van der Waals surface area contributed by atoms with Gasteiger partial charge >= 0.3 is 0 Å². The summed E-state index contributed by atoms with van der Waals surface area (Å²) < 4.78 is 14.9. The first-order chi connectivity index (χ1) is 9.54. The largest absolute Gasteiger partial charge is 0.352 e. The van der Waals surface area contributed by atoms with E-state index in [1.165, 1.54) is 0 Å². The molecular formula is C13H13BrFN5. The van der Waals surface area contributed by atoms with E-state index in [0.29, 0.717) is 30.4 Å². The second-order valence-corrected chi connectivity index (χ2v) is 5.77. The fraction of sp³-hybridized carbons (Fsp3) is 0.385. The number of hydrogen-bond donors (Lipinski definition) is 0. The maximum absolute atomic E-state index is 14.0. The maximum Gasteiger partial charge on any atom is 0.186 e. The van der Waals surface area contributed by atoms with Crippen molar-refractivity contribution in [2.24, 2.45) is 0 Å². The van der Waals surface area contributed by atoms with Crippen molar-refractivity contribution in [2.75, 3.05) is 18.0 Å². The molecule has 0 spiro atoms. The zero-order valence-corrected chi connectivity index (χ0v) is 12.7. The summed E-state index contributed by atoms with van der Waals surface area (Å²) in [7, 11) is 0. The topological polar surface area (TPSA) is 54.8 Å². The predicted octanol–water partition coefficient (Wildman–Crippen LogP) is 2.39. The Morgan fingerprint density at radius 1 is 1.20 bits per heavy atom. The van der Waals surface area contributed by atoms with Crippen LogP contribution in [-0.2, 0) is 0 Å². The Morgan fingerprint density at radius 3 is 2.50 bits per heavy atom. The van der Waals surface area contributed by atoms with E-state index in [0.717, 1.165) is 10.3 Å². The molecule has 20 heavy (non-hydrogen) atoms. The first kappa shape index (κ1) is 13.4. The number of aromatic nitrogens is 4. The third kappa shape index (κ3) is 2.37. The van der Waals surface area contributed by atoms with Gasteiger partial charge in [0, 0.05) is 25.5 Å². The van der Waals surface area contributed by atoms with Gasteiger partial charge in [-0.2, -0.15) is 0 Å². The molecule has 1 fully saturated rings. The number of anilines is 1. The molecule has 1 saturated heterocycles. The van der Waals surface area contributed by atoms with Crippen molar-refractivity contribution in [2.45, 2.75) is 19.8 Å². The molecular weight excluding hydrogens is 325 g/mol. The monoisotopic (exact) mass is 337 g/mol. The van der Waals surface area contributed by atoms with E-state index in [1.54, 1.807) is 26.2 Å². The van der Waals surface area contributed by atoms with Gasteiger partial charge in [0.1, 0.15) is 11.6 Å². The van der Waals surface area contributed by atoms with Gasteiger partial charge in [0.2, 0.25) is 0 Å². The van der Waals surface area contributed by atoms with Crippen LogP contribution in [0.3, 0.4) is 0 Å². The molecule has 1 aliphatic rings. The highest BCUT2D eigenvalue weighted by atomic mass is 79.9. The smallest absolute Gasteiger partial charge is 0.186 e. The van der Waals surface area contributed by atoms with Gasteiger partial charge in [0.15, 0.2) is 11.6 Å². The standard InChI is InChI=1S/C13H13BrFN5/c1-7-11(15)13(19-8(2)18-7)20-5-9(6-20)12-16-3-10(14)4-17-12/h3-4,9H,5-6H2,1-2H3. The summed E-state index contributed by atoms with van der Waals surface area (Å²) in [5.41, 5.74) is 0.385. The van der Waals surface area contributed by atoms with Crippen molar-refractivity contribution >= 4 is 21.7 Å². The molecule has 2 aromatic rings. The predicted molar refractivity (Wildman–Crippen MR) is 76.2 cm³/mol. The van der Waals surface area contributed by atoms with Crippen LogP contribution in [0.5, 0.6) is 0 Å². The number of rotatable bonds is 2. The molecule has 2 aromatic heterocycles. The first-order valence-corrected chi connectivity index (χ1v) is 7.07. The molecule has 0 saturated carbocycles. The summed E-state index contributed by atoms with van der Waals surface area (Å²) in [4.78, 5) is 18.7. The van der Waals surface area contributed by atoms with E-state index < -0.39 is 0 Å². The molecule has 0 radical (unpaired) electrons. The number of halogens is 2. The van der Waals surface area contributed by atoms with Gasteiger partial charge in [0.25, 0.3) is 0 Å². The van der Waals surface area contributed by atoms with Crippen molar-refractivity contribution in [3.8, 4) is 0 Å². The Hall–Kier alpha value is -1.63. The van der Waals surface area contributed by atoms with Crippen LogP contribution in [0.1, 0.15) is 23.3 Å². The fourth-order valence-corrected chi connectivity index (χ4v) is 2.44. The fourth-order valence-electron chi connectivity index (χ4n) is 2.24. The van der Waals surface area contributed by atoms with Crippen molar-refractivity contribution in [1.82, 2.24) is 19.9 Å². The Balaban J connectivity index is 1.76. The average molecular weight is 338 g/mol. The molecule has 1 aliphatic heterocycles. The summed E-state index contributed by atoms with van der Waals surface area (Å²) in [6.07, 6.45) is 3.45. The van der Waals surface area contributed by atoms with E-state index in [1.807, 2.05) is 4.90 Å². The van der Waals surface area contributed by atoms with E-state index in [4.69, 9.17) is 0 Å². The van der Waals surface area contributed by atoms with Crippen molar-refractivity contribution < 1.29 is 4.39 Å². The molecule has 0 amide bonds. The maximum atomic E-state index is 14.0. The second kappa shape index (κ2) is 5.05. The molecule has 7 heteroatoms.